The van der Waals surface area contributed by atoms with E-state index in [0.29, 0.717) is 0 Å². The predicted octanol–water partition coefficient (Wildman–Crippen LogP) is 3.90. The molecule has 2 heteroatoms. The highest BCUT2D eigenvalue weighted by atomic mass is 14.9. The molecule has 1 heterocycles. The number of aryl methyl sites for hydroxylation is 3. The van der Waals surface area contributed by atoms with Crippen LogP contribution in [-0.2, 0) is 0 Å². The molecule has 0 amide bonds. The van der Waals surface area contributed by atoms with Crippen molar-refractivity contribution < 1.29 is 0 Å². The summed E-state index contributed by atoms with van der Waals surface area (Å²) in [6.07, 6.45) is 4.16. The van der Waals surface area contributed by atoms with E-state index in [1.54, 1.807) is 0 Å². The number of nitrogens with zero attached hydrogens (tertiary/aromatic N) is 1. The molecule has 0 atom stereocenters. The van der Waals surface area contributed by atoms with Gasteiger partial charge in [-0.3, -0.25) is 0 Å². The van der Waals surface area contributed by atoms with Crippen LogP contribution >= 0.6 is 0 Å². The van der Waals surface area contributed by atoms with Gasteiger partial charge in [0.05, 0.1) is 5.69 Å². The molecule has 1 aromatic heterocycles. The molecular formula is C15H18N2. The number of nitrogens with one attached hydrogen (secondary N) is 1. The standard InChI is InChI=1S/C15H18N2/c1-10-6-5-7-11(2)14(10)8-12(3)15-9-16-13(4)17-15/h5-9H,1-4H3,(H,16,17). The molecule has 17 heavy (non-hydrogen) atoms. The number of rotatable bonds is 2. The van der Waals surface area contributed by atoms with Gasteiger partial charge in [0, 0.05) is 6.20 Å². The minimum atomic E-state index is 0.953. The Bertz CT molecular complexity index is 542. The molecule has 0 saturated heterocycles. The number of hydrogen-bond donors (Lipinski definition) is 1. The summed E-state index contributed by atoms with van der Waals surface area (Å²) >= 11 is 0. The van der Waals surface area contributed by atoms with Gasteiger partial charge in [-0.25, -0.2) is 4.98 Å². The van der Waals surface area contributed by atoms with Crippen LogP contribution in [0, 0.1) is 20.8 Å². The van der Waals surface area contributed by atoms with Gasteiger partial charge in [-0.05, 0) is 56.0 Å². The number of aromatic nitrogens is 2. The summed E-state index contributed by atoms with van der Waals surface area (Å²) in [5, 5.41) is 0. The van der Waals surface area contributed by atoms with E-state index >= 15 is 0 Å². The van der Waals surface area contributed by atoms with Crippen molar-refractivity contribution in [2.45, 2.75) is 27.7 Å². The Balaban J connectivity index is 2.42. The molecule has 88 valence electrons. The first-order valence-electron chi connectivity index (χ1n) is 5.85. The SMILES string of the molecule is CC(=Cc1c(C)cccc1C)c1c[nH]c(C)n1. The summed E-state index contributed by atoms with van der Waals surface area (Å²) in [7, 11) is 0. The number of benzene rings is 1. The largest absolute Gasteiger partial charge is 0.348 e. The highest BCUT2D eigenvalue weighted by molar-refractivity contribution is 5.80. The minimum absolute atomic E-state index is 0.953. The molecule has 0 fully saturated rings. The Morgan fingerprint density at radius 3 is 2.35 bits per heavy atom. The van der Waals surface area contributed by atoms with Crippen molar-refractivity contribution in [1.29, 1.82) is 0 Å². The lowest BCUT2D eigenvalue weighted by Crippen LogP contribution is -1.87. The smallest absolute Gasteiger partial charge is 0.103 e. The molecule has 2 aromatic rings. The van der Waals surface area contributed by atoms with E-state index in [-0.39, 0.29) is 0 Å². The fourth-order valence-corrected chi connectivity index (χ4v) is 1.97. The quantitative estimate of drug-likeness (QED) is 0.826. The summed E-state index contributed by atoms with van der Waals surface area (Å²) in [4.78, 5) is 7.55. The molecule has 1 aromatic carbocycles. The van der Waals surface area contributed by atoms with Crippen LogP contribution < -0.4 is 0 Å². The minimum Gasteiger partial charge on any atom is -0.348 e. The average Bonchev–Trinajstić information content (AvgIpc) is 2.70. The van der Waals surface area contributed by atoms with Crippen LogP contribution in [0.3, 0.4) is 0 Å². The molecule has 0 saturated carbocycles. The molecule has 0 aliphatic rings. The Labute approximate surface area is 102 Å². The van der Waals surface area contributed by atoms with Crippen molar-refractivity contribution in [3.8, 4) is 0 Å². The second-order valence-electron chi connectivity index (χ2n) is 4.50. The molecular weight excluding hydrogens is 208 g/mol. The van der Waals surface area contributed by atoms with Crippen LogP contribution in [0.1, 0.15) is 35.1 Å². The summed E-state index contributed by atoms with van der Waals surface area (Å²) in [5.74, 6) is 0.953. The van der Waals surface area contributed by atoms with E-state index in [1.165, 1.54) is 22.3 Å². The van der Waals surface area contributed by atoms with Crippen molar-refractivity contribution >= 4 is 11.6 Å². The molecule has 0 unspecified atom stereocenters. The fraction of sp³-hybridized carbons (Fsp3) is 0.267. The lowest BCUT2D eigenvalue weighted by atomic mass is 10.0. The van der Waals surface area contributed by atoms with Gasteiger partial charge in [0.1, 0.15) is 5.82 Å². The van der Waals surface area contributed by atoms with Gasteiger partial charge < -0.3 is 4.98 Å². The second kappa shape index (κ2) is 4.58. The average molecular weight is 226 g/mol. The van der Waals surface area contributed by atoms with Crippen molar-refractivity contribution in [2.75, 3.05) is 0 Å². The van der Waals surface area contributed by atoms with Crippen LogP contribution in [0.15, 0.2) is 24.4 Å². The van der Waals surface area contributed by atoms with Crippen LogP contribution in [-0.4, -0.2) is 9.97 Å². The molecule has 0 aliphatic carbocycles. The first-order valence-corrected chi connectivity index (χ1v) is 5.85. The normalized spacial score (nSPS) is 11.9. The number of aromatic amines is 1. The number of hydrogen-bond acceptors (Lipinski definition) is 1. The van der Waals surface area contributed by atoms with E-state index in [0.717, 1.165) is 11.5 Å². The second-order valence-corrected chi connectivity index (χ2v) is 4.50. The zero-order valence-corrected chi connectivity index (χ0v) is 10.8. The third-order valence-corrected chi connectivity index (χ3v) is 3.01. The van der Waals surface area contributed by atoms with Crippen molar-refractivity contribution in [2.24, 2.45) is 0 Å². The van der Waals surface area contributed by atoms with Crippen LogP contribution in [0.25, 0.3) is 11.6 Å². The fourth-order valence-electron chi connectivity index (χ4n) is 1.97. The van der Waals surface area contributed by atoms with Crippen LogP contribution in [0.2, 0.25) is 0 Å². The maximum absolute atomic E-state index is 4.44. The Hall–Kier alpha value is -1.83. The lowest BCUT2D eigenvalue weighted by molar-refractivity contribution is 1.14. The lowest BCUT2D eigenvalue weighted by Gasteiger charge is -2.06. The third-order valence-electron chi connectivity index (χ3n) is 3.01. The Kier molecular flexibility index (Phi) is 3.14. The number of allylic oxidation sites excluding steroid dienone is 1. The predicted molar refractivity (Wildman–Crippen MR) is 72.8 cm³/mol. The summed E-state index contributed by atoms with van der Waals surface area (Å²) in [5.41, 5.74) is 6.11. The van der Waals surface area contributed by atoms with Crippen LogP contribution in [0.4, 0.5) is 0 Å². The van der Waals surface area contributed by atoms with Gasteiger partial charge >= 0.3 is 0 Å². The van der Waals surface area contributed by atoms with E-state index in [1.807, 2.05) is 13.1 Å². The van der Waals surface area contributed by atoms with E-state index in [9.17, 15) is 0 Å². The first-order chi connectivity index (χ1) is 8.08. The Morgan fingerprint density at radius 2 is 1.82 bits per heavy atom. The zero-order valence-electron chi connectivity index (χ0n) is 10.8. The highest BCUT2D eigenvalue weighted by Crippen LogP contribution is 2.21. The van der Waals surface area contributed by atoms with Gasteiger partial charge in [-0.1, -0.05) is 18.2 Å². The molecule has 0 radical (unpaired) electrons. The maximum atomic E-state index is 4.44. The summed E-state index contributed by atoms with van der Waals surface area (Å²) in [6, 6.07) is 6.37. The number of H-pyrrole nitrogens is 1. The first kappa shape index (κ1) is 11.6. The molecule has 0 bridgehead atoms. The van der Waals surface area contributed by atoms with Crippen molar-refractivity contribution in [3.05, 3.63) is 52.6 Å². The Morgan fingerprint density at radius 1 is 1.18 bits per heavy atom. The highest BCUT2D eigenvalue weighted by Gasteiger charge is 2.03. The molecule has 0 aliphatic heterocycles. The summed E-state index contributed by atoms with van der Waals surface area (Å²) < 4.78 is 0. The van der Waals surface area contributed by atoms with Gasteiger partial charge in [0.2, 0.25) is 0 Å². The monoisotopic (exact) mass is 226 g/mol. The summed E-state index contributed by atoms with van der Waals surface area (Å²) in [6.45, 7) is 8.35. The molecule has 0 spiro atoms. The third kappa shape index (κ3) is 2.47. The maximum Gasteiger partial charge on any atom is 0.103 e. The van der Waals surface area contributed by atoms with E-state index < -0.39 is 0 Å². The van der Waals surface area contributed by atoms with Gasteiger partial charge in [-0.15, -0.1) is 0 Å². The topological polar surface area (TPSA) is 28.7 Å². The zero-order chi connectivity index (χ0) is 12.4. The van der Waals surface area contributed by atoms with E-state index in [2.05, 4.69) is 55.0 Å². The molecule has 2 nitrogen and oxygen atoms in total. The molecule has 2 rings (SSSR count). The van der Waals surface area contributed by atoms with Gasteiger partial charge in [0.25, 0.3) is 0 Å². The molecule has 1 N–H and O–H groups in total. The van der Waals surface area contributed by atoms with E-state index in [4.69, 9.17) is 0 Å². The van der Waals surface area contributed by atoms with Crippen molar-refractivity contribution in [3.63, 3.8) is 0 Å². The van der Waals surface area contributed by atoms with Gasteiger partial charge in [-0.2, -0.15) is 0 Å². The number of imidazole rings is 1. The van der Waals surface area contributed by atoms with Crippen molar-refractivity contribution in [1.82, 2.24) is 9.97 Å². The van der Waals surface area contributed by atoms with Crippen LogP contribution in [0.5, 0.6) is 0 Å². The van der Waals surface area contributed by atoms with Gasteiger partial charge in [0.15, 0.2) is 0 Å².